The van der Waals surface area contributed by atoms with Gasteiger partial charge in [0.25, 0.3) is 0 Å². The predicted molar refractivity (Wildman–Crippen MR) is 129 cm³/mol. The molecule has 0 aliphatic rings. The smallest absolute Gasteiger partial charge is 0.223 e. The Hall–Kier alpha value is -3.62. The van der Waals surface area contributed by atoms with Crippen molar-refractivity contribution in [3.8, 4) is 21.7 Å². The molecule has 160 valence electrons. The Morgan fingerprint density at radius 2 is 1.94 bits per heavy atom. The molecule has 7 nitrogen and oxygen atoms in total. The van der Waals surface area contributed by atoms with E-state index in [0.717, 1.165) is 16.1 Å². The summed E-state index contributed by atoms with van der Waals surface area (Å²) in [6.45, 7) is 3.38. The van der Waals surface area contributed by atoms with Gasteiger partial charge < -0.3 is 11.1 Å². The maximum atomic E-state index is 6.25. The third kappa shape index (κ3) is 4.10. The van der Waals surface area contributed by atoms with E-state index < -0.39 is 0 Å². The minimum Gasteiger partial charge on any atom is -0.352 e. The number of hydrogen-bond donors (Lipinski definition) is 2. The van der Waals surface area contributed by atoms with Gasteiger partial charge in [0.2, 0.25) is 5.95 Å². The van der Waals surface area contributed by atoms with E-state index in [1.807, 2.05) is 25.3 Å². The summed E-state index contributed by atoms with van der Waals surface area (Å²) in [6, 6.07) is 18.9. The third-order valence-corrected chi connectivity index (χ3v) is 6.50. The van der Waals surface area contributed by atoms with Crippen molar-refractivity contribution < 1.29 is 0 Å². The van der Waals surface area contributed by atoms with Gasteiger partial charge in [-0.15, -0.1) is 16.4 Å². The van der Waals surface area contributed by atoms with E-state index in [0.29, 0.717) is 19.0 Å². The second-order valence-corrected chi connectivity index (χ2v) is 8.62. The van der Waals surface area contributed by atoms with Crippen LogP contribution in [-0.4, -0.2) is 31.5 Å². The second kappa shape index (κ2) is 8.86. The first-order chi connectivity index (χ1) is 15.7. The van der Waals surface area contributed by atoms with Gasteiger partial charge in [0.05, 0.1) is 23.3 Å². The molecule has 5 rings (SSSR count). The average molecular weight is 442 g/mol. The first kappa shape index (κ1) is 20.3. The van der Waals surface area contributed by atoms with Crippen molar-refractivity contribution >= 4 is 27.4 Å². The van der Waals surface area contributed by atoms with E-state index in [4.69, 9.17) is 10.7 Å². The number of aromatic nitrogens is 5. The van der Waals surface area contributed by atoms with Gasteiger partial charge in [-0.2, -0.15) is 0 Å². The highest BCUT2D eigenvalue weighted by Crippen LogP contribution is 2.40. The number of thiophene rings is 1. The number of nitrogens with zero attached hydrogens (tertiary/aromatic N) is 5. The summed E-state index contributed by atoms with van der Waals surface area (Å²) in [5.74, 6) is 0.600. The summed E-state index contributed by atoms with van der Waals surface area (Å²) >= 11 is 1.74. The van der Waals surface area contributed by atoms with Gasteiger partial charge in [-0.3, -0.25) is 4.68 Å². The molecule has 0 spiro atoms. The molecule has 0 unspecified atom stereocenters. The van der Waals surface area contributed by atoms with Crippen molar-refractivity contribution in [1.82, 2.24) is 25.0 Å². The molecule has 5 aromatic rings. The largest absolute Gasteiger partial charge is 0.352 e. The Labute approximate surface area is 190 Å². The van der Waals surface area contributed by atoms with Gasteiger partial charge in [-0.25, -0.2) is 9.97 Å². The topological polar surface area (TPSA) is 94.5 Å². The molecule has 0 aliphatic carbocycles. The van der Waals surface area contributed by atoms with Crippen LogP contribution in [-0.2, 0) is 6.54 Å². The summed E-state index contributed by atoms with van der Waals surface area (Å²) in [6.07, 6.45) is 5.29. The Balaban J connectivity index is 1.45. The standard InChI is InChI=1S/C24H23N7S/c1-16(25)18-6-2-3-7-19(18)20-8-4-5-17-15-22(32-23(17)20)21-9-10-26-24(29-21)27-11-13-31-14-12-28-30-31/h2-10,12,14-16H,11,13,25H2,1H3,(H,26,27,29)/t16-/m1/s1. The first-order valence-corrected chi connectivity index (χ1v) is 11.3. The first-order valence-electron chi connectivity index (χ1n) is 10.5. The van der Waals surface area contributed by atoms with E-state index >= 15 is 0 Å². The molecule has 0 fully saturated rings. The van der Waals surface area contributed by atoms with Crippen LogP contribution in [0.1, 0.15) is 18.5 Å². The van der Waals surface area contributed by atoms with Crippen molar-refractivity contribution in [3.05, 3.63) is 78.8 Å². The van der Waals surface area contributed by atoms with Crippen LogP contribution < -0.4 is 11.1 Å². The number of fused-ring (bicyclic) bond motifs is 1. The van der Waals surface area contributed by atoms with Crippen molar-refractivity contribution in [2.24, 2.45) is 5.73 Å². The van der Waals surface area contributed by atoms with Crippen LogP contribution in [0, 0.1) is 0 Å². The number of benzene rings is 2. The van der Waals surface area contributed by atoms with Crippen LogP contribution in [0.2, 0.25) is 0 Å². The highest BCUT2D eigenvalue weighted by molar-refractivity contribution is 7.22. The summed E-state index contributed by atoms with van der Waals surface area (Å²) < 4.78 is 3.00. The summed E-state index contributed by atoms with van der Waals surface area (Å²) in [5.41, 5.74) is 10.7. The van der Waals surface area contributed by atoms with E-state index in [1.54, 1.807) is 28.4 Å². The van der Waals surface area contributed by atoms with Crippen LogP contribution in [0.5, 0.6) is 0 Å². The van der Waals surface area contributed by atoms with Gasteiger partial charge in [0.15, 0.2) is 0 Å². The molecule has 0 bridgehead atoms. The van der Waals surface area contributed by atoms with E-state index in [-0.39, 0.29) is 6.04 Å². The molecule has 0 saturated heterocycles. The lowest BCUT2D eigenvalue weighted by molar-refractivity contribution is 0.607. The van der Waals surface area contributed by atoms with Gasteiger partial charge in [0, 0.05) is 29.7 Å². The zero-order valence-corrected chi connectivity index (χ0v) is 18.5. The molecule has 0 saturated carbocycles. The van der Waals surface area contributed by atoms with Crippen molar-refractivity contribution in [2.75, 3.05) is 11.9 Å². The highest BCUT2D eigenvalue weighted by Gasteiger charge is 2.14. The molecule has 2 aromatic carbocycles. The average Bonchev–Trinajstić information content (AvgIpc) is 3.49. The molecule has 3 heterocycles. The minimum absolute atomic E-state index is 0.0334. The lowest BCUT2D eigenvalue weighted by atomic mass is 9.95. The minimum atomic E-state index is -0.0334. The number of nitrogens with one attached hydrogen (secondary N) is 1. The summed E-state index contributed by atoms with van der Waals surface area (Å²) in [5, 5.41) is 12.2. The Morgan fingerprint density at radius 3 is 2.78 bits per heavy atom. The molecule has 0 radical (unpaired) electrons. The van der Waals surface area contributed by atoms with Gasteiger partial charge >= 0.3 is 0 Å². The fraction of sp³-hybridized carbons (Fsp3) is 0.167. The predicted octanol–water partition coefficient (Wildman–Crippen LogP) is 4.75. The fourth-order valence-corrected chi connectivity index (χ4v) is 4.91. The molecule has 8 heteroatoms. The fourth-order valence-electron chi connectivity index (χ4n) is 3.76. The number of anilines is 1. The second-order valence-electron chi connectivity index (χ2n) is 7.57. The van der Waals surface area contributed by atoms with Crippen molar-refractivity contribution in [2.45, 2.75) is 19.5 Å². The monoisotopic (exact) mass is 441 g/mol. The molecule has 0 aliphatic heterocycles. The van der Waals surface area contributed by atoms with Gasteiger partial charge in [0.1, 0.15) is 0 Å². The van der Waals surface area contributed by atoms with E-state index in [2.05, 4.69) is 63.1 Å². The third-order valence-electron chi connectivity index (χ3n) is 5.29. The SMILES string of the molecule is C[C@@H](N)c1ccccc1-c1cccc2cc(-c3ccnc(NCCn4ccnn4)n3)sc12. The normalized spacial score (nSPS) is 12.2. The van der Waals surface area contributed by atoms with Gasteiger partial charge in [-0.05, 0) is 41.1 Å². The lowest BCUT2D eigenvalue weighted by Crippen LogP contribution is -2.12. The lowest BCUT2D eigenvalue weighted by Gasteiger charge is -2.13. The van der Waals surface area contributed by atoms with Crippen LogP contribution in [0.15, 0.2) is 73.2 Å². The number of hydrogen-bond acceptors (Lipinski definition) is 7. The Morgan fingerprint density at radius 1 is 1.06 bits per heavy atom. The summed E-state index contributed by atoms with van der Waals surface area (Å²) in [7, 11) is 0. The van der Waals surface area contributed by atoms with Crippen LogP contribution in [0.25, 0.3) is 31.8 Å². The van der Waals surface area contributed by atoms with Crippen LogP contribution in [0.3, 0.4) is 0 Å². The zero-order valence-electron chi connectivity index (χ0n) is 17.6. The number of nitrogens with two attached hydrogens (primary N) is 1. The zero-order chi connectivity index (χ0) is 21.9. The van der Waals surface area contributed by atoms with Crippen molar-refractivity contribution in [3.63, 3.8) is 0 Å². The van der Waals surface area contributed by atoms with Crippen molar-refractivity contribution in [1.29, 1.82) is 0 Å². The maximum absolute atomic E-state index is 6.25. The van der Waals surface area contributed by atoms with Crippen LogP contribution >= 0.6 is 11.3 Å². The Bertz CT molecular complexity index is 1340. The molecule has 1 atom stereocenters. The molecule has 0 amide bonds. The Kier molecular flexibility index (Phi) is 5.62. The molecule has 3 aromatic heterocycles. The molecular weight excluding hydrogens is 418 g/mol. The quantitative estimate of drug-likeness (QED) is 0.379. The molecular formula is C24H23N7S. The van der Waals surface area contributed by atoms with Gasteiger partial charge in [-0.1, -0.05) is 47.7 Å². The van der Waals surface area contributed by atoms with Crippen LogP contribution in [0.4, 0.5) is 5.95 Å². The van der Waals surface area contributed by atoms with E-state index in [1.165, 1.54) is 21.2 Å². The summed E-state index contributed by atoms with van der Waals surface area (Å²) in [4.78, 5) is 10.2. The number of rotatable bonds is 7. The molecule has 3 N–H and O–H groups in total. The highest BCUT2D eigenvalue weighted by atomic mass is 32.1. The van der Waals surface area contributed by atoms with E-state index in [9.17, 15) is 0 Å². The molecule has 32 heavy (non-hydrogen) atoms. The maximum Gasteiger partial charge on any atom is 0.223 e.